The highest BCUT2D eigenvalue weighted by atomic mass is 16.5. The number of methoxy groups -OCH3 is 2. The van der Waals surface area contributed by atoms with Crippen molar-refractivity contribution in [1.29, 1.82) is 0 Å². The Morgan fingerprint density at radius 2 is 1.93 bits per heavy atom. The van der Waals surface area contributed by atoms with Crippen LogP contribution in [0.25, 0.3) is 11.0 Å². The number of para-hydroxylation sites is 2. The summed E-state index contributed by atoms with van der Waals surface area (Å²) < 4.78 is 10.6. The van der Waals surface area contributed by atoms with E-state index in [1.165, 1.54) is 0 Å². The molecule has 1 saturated heterocycles. The molecular weight excluding hydrogens is 380 g/mol. The average molecular weight is 406 g/mol. The minimum absolute atomic E-state index is 0.0585. The van der Waals surface area contributed by atoms with Gasteiger partial charge in [-0.2, -0.15) is 0 Å². The molecule has 0 bridgehead atoms. The molecule has 1 N–H and O–H groups in total. The summed E-state index contributed by atoms with van der Waals surface area (Å²) >= 11 is 0. The van der Waals surface area contributed by atoms with Crippen LogP contribution in [0.5, 0.6) is 11.5 Å². The van der Waals surface area contributed by atoms with Gasteiger partial charge in [-0.05, 0) is 42.7 Å². The van der Waals surface area contributed by atoms with Crippen LogP contribution in [-0.2, 0) is 11.3 Å². The zero-order chi connectivity index (χ0) is 20.9. The number of nitrogens with zero attached hydrogens (tertiary/aromatic N) is 3. The Hall–Kier alpha value is -3.35. The van der Waals surface area contributed by atoms with Crippen molar-refractivity contribution in [1.82, 2.24) is 15.3 Å². The van der Waals surface area contributed by atoms with E-state index in [0.717, 1.165) is 41.8 Å². The zero-order valence-electron chi connectivity index (χ0n) is 17.3. The van der Waals surface area contributed by atoms with Gasteiger partial charge in [0.15, 0.2) is 11.5 Å². The van der Waals surface area contributed by atoms with E-state index in [-0.39, 0.29) is 11.8 Å². The first-order chi connectivity index (χ1) is 14.7. The summed E-state index contributed by atoms with van der Waals surface area (Å²) in [5, 5.41) is 3.06. The lowest BCUT2D eigenvalue weighted by Gasteiger charge is -2.32. The molecule has 1 amide bonds. The fraction of sp³-hybridized carbons (Fsp3) is 0.348. The van der Waals surface area contributed by atoms with Gasteiger partial charge in [-0.3, -0.25) is 9.78 Å². The highest BCUT2D eigenvalue weighted by molar-refractivity contribution is 5.80. The second kappa shape index (κ2) is 8.98. The van der Waals surface area contributed by atoms with Gasteiger partial charge >= 0.3 is 0 Å². The van der Waals surface area contributed by atoms with Crippen LogP contribution in [0, 0.1) is 5.92 Å². The second-order valence-electron chi connectivity index (χ2n) is 7.41. The van der Waals surface area contributed by atoms with Crippen molar-refractivity contribution in [2.45, 2.75) is 19.4 Å². The lowest BCUT2D eigenvalue weighted by molar-refractivity contribution is -0.125. The first-order valence-electron chi connectivity index (χ1n) is 10.1. The number of ether oxygens (including phenoxy) is 2. The lowest BCUT2D eigenvalue weighted by atomic mass is 9.97. The predicted molar refractivity (Wildman–Crippen MR) is 116 cm³/mol. The highest BCUT2D eigenvalue weighted by Gasteiger charge is 2.26. The standard InChI is InChI=1S/C23H26N4O3/c1-29-20-10-9-16(12-21(20)30-2)13-25-23(28)17-6-5-11-27(15-17)22-14-24-18-7-3-4-8-19(18)26-22/h3-4,7-10,12,14,17H,5-6,11,13,15H2,1-2H3,(H,25,28)/t17-/m1/s1. The van der Waals surface area contributed by atoms with E-state index < -0.39 is 0 Å². The summed E-state index contributed by atoms with van der Waals surface area (Å²) in [6.07, 6.45) is 3.62. The molecule has 1 fully saturated rings. The minimum Gasteiger partial charge on any atom is -0.493 e. The molecular formula is C23H26N4O3. The third kappa shape index (κ3) is 4.30. The van der Waals surface area contributed by atoms with Crippen molar-refractivity contribution in [3.63, 3.8) is 0 Å². The number of aromatic nitrogens is 2. The summed E-state index contributed by atoms with van der Waals surface area (Å²) in [7, 11) is 3.21. The van der Waals surface area contributed by atoms with Crippen LogP contribution in [0.15, 0.2) is 48.7 Å². The van der Waals surface area contributed by atoms with Crippen molar-refractivity contribution < 1.29 is 14.3 Å². The van der Waals surface area contributed by atoms with Crippen molar-refractivity contribution in [2.24, 2.45) is 5.92 Å². The number of fused-ring (bicyclic) bond motifs is 1. The van der Waals surface area contributed by atoms with E-state index in [0.29, 0.717) is 24.6 Å². The smallest absolute Gasteiger partial charge is 0.225 e. The molecule has 2 heterocycles. The normalized spacial score (nSPS) is 16.3. The van der Waals surface area contributed by atoms with Gasteiger partial charge in [0, 0.05) is 19.6 Å². The Balaban J connectivity index is 1.39. The molecule has 156 valence electrons. The Labute approximate surface area is 176 Å². The molecule has 3 aromatic rings. The molecule has 0 radical (unpaired) electrons. The minimum atomic E-state index is -0.0767. The summed E-state index contributed by atoms with van der Waals surface area (Å²) in [6.45, 7) is 1.97. The predicted octanol–water partition coefficient (Wildman–Crippen LogP) is 3.18. The number of hydrogen-bond acceptors (Lipinski definition) is 6. The number of rotatable bonds is 6. The Kier molecular flexibility index (Phi) is 5.97. The Bertz CT molecular complexity index is 1040. The Morgan fingerprint density at radius 3 is 2.73 bits per heavy atom. The van der Waals surface area contributed by atoms with Crippen LogP contribution in [0.4, 0.5) is 5.82 Å². The zero-order valence-corrected chi connectivity index (χ0v) is 17.3. The first-order valence-corrected chi connectivity index (χ1v) is 10.1. The molecule has 7 nitrogen and oxygen atoms in total. The quantitative estimate of drug-likeness (QED) is 0.678. The van der Waals surface area contributed by atoms with Gasteiger partial charge in [0.25, 0.3) is 0 Å². The summed E-state index contributed by atoms with van der Waals surface area (Å²) in [5.41, 5.74) is 2.71. The number of carbonyl (C=O) groups excluding carboxylic acids is 1. The molecule has 1 aliphatic rings. The maximum absolute atomic E-state index is 12.8. The molecule has 0 saturated carbocycles. The van der Waals surface area contributed by atoms with Crippen LogP contribution in [-0.4, -0.2) is 43.2 Å². The van der Waals surface area contributed by atoms with E-state index in [1.54, 1.807) is 20.4 Å². The second-order valence-corrected chi connectivity index (χ2v) is 7.41. The van der Waals surface area contributed by atoms with Gasteiger partial charge in [0.2, 0.25) is 5.91 Å². The molecule has 0 unspecified atom stereocenters. The molecule has 4 rings (SSSR count). The maximum atomic E-state index is 12.8. The molecule has 0 spiro atoms. The number of anilines is 1. The molecule has 2 aromatic carbocycles. The highest BCUT2D eigenvalue weighted by Crippen LogP contribution is 2.28. The van der Waals surface area contributed by atoms with E-state index in [1.807, 2.05) is 42.5 Å². The van der Waals surface area contributed by atoms with Crippen molar-refractivity contribution in [2.75, 3.05) is 32.2 Å². The average Bonchev–Trinajstić information content (AvgIpc) is 2.82. The Morgan fingerprint density at radius 1 is 1.13 bits per heavy atom. The number of nitrogens with one attached hydrogen (secondary N) is 1. The number of carbonyl (C=O) groups is 1. The van der Waals surface area contributed by atoms with Crippen molar-refractivity contribution in [3.8, 4) is 11.5 Å². The molecule has 30 heavy (non-hydrogen) atoms. The summed E-state index contributed by atoms with van der Waals surface area (Å²) in [5.74, 6) is 2.14. The van der Waals surface area contributed by atoms with Crippen LogP contribution >= 0.6 is 0 Å². The van der Waals surface area contributed by atoms with E-state index in [2.05, 4.69) is 15.2 Å². The molecule has 1 atom stereocenters. The SMILES string of the molecule is COc1ccc(CNC(=O)[C@@H]2CCCN(c3cnc4ccccc4n3)C2)cc1OC. The third-order valence-corrected chi connectivity index (χ3v) is 5.47. The molecule has 1 aromatic heterocycles. The topological polar surface area (TPSA) is 76.6 Å². The maximum Gasteiger partial charge on any atom is 0.225 e. The van der Waals surface area contributed by atoms with Gasteiger partial charge in [-0.25, -0.2) is 4.98 Å². The fourth-order valence-corrected chi connectivity index (χ4v) is 3.82. The molecule has 7 heteroatoms. The monoisotopic (exact) mass is 406 g/mol. The third-order valence-electron chi connectivity index (χ3n) is 5.47. The summed E-state index contributed by atoms with van der Waals surface area (Å²) in [4.78, 5) is 24.2. The number of amides is 1. The van der Waals surface area contributed by atoms with Crippen LogP contribution in [0.1, 0.15) is 18.4 Å². The van der Waals surface area contributed by atoms with Crippen LogP contribution in [0.3, 0.4) is 0 Å². The largest absolute Gasteiger partial charge is 0.493 e. The van der Waals surface area contributed by atoms with Gasteiger partial charge in [-0.15, -0.1) is 0 Å². The van der Waals surface area contributed by atoms with Crippen molar-refractivity contribution in [3.05, 3.63) is 54.2 Å². The van der Waals surface area contributed by atoms with E-state index >= 15 is 0 Å². The molecule has 0 aliphatic carbocycles. The van der Waals surface area contributed by atoms with Crippen LogP contribution in [0.2, 0.25) is 0 Å². The summed E-state index contributed by atoms with van der Waals surface area (Å²) in [6, 6.07) is 13.5. The lowest BCUT2D eigenvalue weighted by Crippen LogP contribution is -2.43. The van der Waals surface area contributed by atoms with Crippen molar-refractivity contribution >= 4 is 22.8 Å². The van der Waals surface area contributed by atoms with E-state index in [4.69, 9.17) is 14.5 Å². The van der Waals surface area contributed by atoms with Crippen LogP contribution < -0.4 is 19.7 Å². The molecule has 1 aliphatic heterocycles. The number of hydrogen-bond donors (Lipinski definition) is 1. The van der Waals surface area contributed by atoms with E-state index in [9.17, 15) is 4.79 Å². The van der Waals surface area contributed by atoms with Gasteiger partial charge in [0.1, 0.15) is 5.82 Å². The van der Waals surface area contributed by atoms with Gasteiger partial charge in [0.05, 0.1) is 37.4 Å². The number of benzene rings is 2. The van der Waals surface area contributed by atoms with Gasteiger partial charge in [-0.1, -0.05) is 18.2 Å². The fourth-order valence-electron chi connectivity index (χ4n) is 3.82. The number of piperidine rings is 1. The van der Waals surface area contributed by atoms with Gasteiger partial charge < -0.3 is 19.7 Å². The first kappa shape index (κ1) is 19.9.